The van der Waals surface area contributed by atoms with Crippen LogP contribution in [0.4, 0.5) is 0 Å². The molecule has 5 heteroatoms. The molecule has 2 aliphatic rings. The van der Waals surface area contributed by atoms with E-state index in [9.17, 15) is 14.7 Å². The van der Waals surface area contributed by atoms with Crippen LogP contribution in [0.15, 0.2) is 48.5 Å². The Bertz CT molecular complexity index is 909. The van der Waals surface area contributed by atoms with Crippen LogP contribution in [0.5, 0.6) is 5.75 Å². The number of phenols is 1. The fourth-order valence-corrected chi connectivity index (χ4v) is 4.96. The summed E-state index contributed by atoms with van der Waals surface area (Å²) >= 11 is 0. The minimum absolute atomic E-state index is 0.0496. The number of fused-ring (bicyclic) bond motifs is 1. The van der Waals surface area contributed by atoms with Gasteiger partial charge in [0, 0.05) is 44.8 Å². The van der Waals surface area contributed by atoms with Gasteiger partial charge in [-0.3, -0.25) is 9.59 Å². The molecule has 29 heavy (non-hydrogen) atoms. The molecule has 0 aliphatic carbocycles. The van der Waals surface area contributed by atoms with E-state index < -0.39 is 0 Å². The van der Waals surface area contributed by atoms with Gasteiger partial charge in [-0.1, -0.05) is 36.4 Å². The second-order valence-corrected chi connectivity index (χ2v) is 8.36. The lowest BCUT2D eigenvalue weighted by Crippen LogP contribution is -2.36. The van der Waals surface area contributed by atoms with E-state index >= 15 is 0 Å². The smallest absolute Gasteiger partial charge is 0.222 e. The summed E-state index contributed by atoms with van der Waals surface area (Å²) in [5.41, 5.74) is 3.45. The van der Waals surface area contributed by atoms with Gasteiger partial charge in [-0.05, 0) is 42.2 Å². The molecule has 2 amide bonds. The molecule has 2 fully saturated rings. The Kier molecular flexibility index (Phi) is 5.31. The van der Waals surface area contributed by atoms with E-state index in [0.29, 0.717) is 25.3 Å². The van der Waals surface area contributed by atoms with Crippen LogP contribution < -0.4 is 0 Å². The second kappa shape index (κ2) is 7.90. The zero-order chi connectivity index (χ0) is 20.5. The summed E-state index contributed by atoms with van der Waals surface area (Å²) in [6.45, 7) is 5.90. The van der Waals surface area contributed by atoms with Crippen LogP contribution in [0.1, 0.15) is 36.1 Å². The Morgan fingerprint density at radius 1 is 1.03 bits per heavy atom. The van der Waals surface area contributed by atoms with Crippen molar-refractivity contribution in [1.29, 1.82) is 0 Å². The molecule has 1 N–H and O–H groups in total. The Morgan fingerprint density at radius 2 is 1.76 bits per heavy atom. The van der Waals surface area contributed by atoms with Gasteiger partial charge in [-0.25, -0.2) is 0 Å². The number of benzene rings is 2. The number of aromatic hydroxyl groups is 1. The molecule has 4 rings (SSSR count). The van der Waals surface area contributed by atoms with Gasteiger partial charge in [-0.2, -0.15) is 0 Å². The van der Waals surface area contributed by atoms with Crippen molar-refractivity contribution >= 4 is 11.8 Å². The van der Waals surface area contributed by atoms with Crippen molar-refractivity contribution in [2.45, 2.75) is 32.7 Å². The van der Waals surface area contributed by atoms with E-state index in [1.807, 2.05) is 34.1 Å². The van der Waals surface area contributed by atoms with Gasteiger partial charge < -0.3 is 14.9 Å². The maximum absolute atomic E-state index is 12.8. The summed E-state index contributed by atoms with van der Waals surface area (Å²) in [6.07, 6.45) is 1.14. The van der Waals surface area contributed by atoms with Crippen molar-refractivity contribution in [2.24, 2.45) is 11.8 Å². The molecular weight excluding hydrogens is 364 g/mol. The average molecular weight is 392 g/mol. The highest BCUT2D eigenvalue weighted by Gasteiger charge is 2.49. The molecule has 2 heterocycles. The number of hydrogen-bond donors (Lipinski definition) is 1. The minimum Gasteiger partial charge on any atom is -0.508 e. The fraction of sp³-hybridized carbons (Fsp3) is 0.417. The molecule has 0 bridgehead atoms. The zero-order valence-electron chi connectivity index (χ0n) is 17.0. The van der Waals surface area contributed by atoms with Crippen molar-refractivity contribution in [3.63, 3.8) is 0 Å². The third-order valence-electron chi connectivity index (χ3n) is 6.49. The number of amides is 2. The van der Waals surface area contributed by atoms with Crippen LogP contribution in [0, 0.1) is 18.8 Å². The number of phenolic OH excluding ortho intramolecular Hbond substituents is 1. The second-order valence-electron chi connectivity index (χ2n) is 8.36. The Morgan fingerprint density at radius 3 is 2.45 bits per heavy atom. The third-order valence-corrected chi connectivity index (χ3v) is 6.49. The lowest BCUT2D eigenvalue weighted by atomic mass is 9.87. The predicted octanol–water partition coefficient (Wildman–Crippen LogP) is 3.31. The largest absolute Gasteiger partial charge is 0.508 e. The highest BCUT2D eigenvalue weighted by molar-refractivity contribution is 5.77. The molecule has 2 saturated heterocycles. The summed E-state index contributed by atoms with van der Waals surface area (Å²) < 4.78 is 0. The van der Waals surface area contributed by atoms with E-state index in [1.165, 1.54) is 11.1 Å². The normalized spacial score (nSPS) is 23.3. The van der Waals surface area contributed by atoms with Crippen LogP contribution in [0.25, 0.3) is 0 Å². The van der Waals surface area contributed by atoms with Gasteiger partial charge in [-0.15, -0.1) is 0 Å². The lowest BCUT2D eigenvalue weighted by Gasteiger charge is -2.30. The maximum Gasteiger partial charge on any atom is 0.222 e. The van der Waals surface area contributed by atoms with Gasteiger partial charge in [0.15, 0.2) is 0 Å². The summed E-state index contributed by atoms with van der Waals surface area (Å²) in [5, 5.41) is 9.39. The van der Waals surface area contributed by atoms with E-state index in [1.54, 1.807) is 19.1 Å². The first-order chi connectivity index (χ1) is 13.9. The van der Waals surface area contributed by atoms with Crippen molar-refractivity contribution in [3.05, 3.63) is 65.2 Å². The number of carbonyl (C=O) groups is 2. The molecule has 2 aliphatic heterocycles. The molecule has 0 unspecified atom stereocenters. The number of aryl methyl sites for hydroxylation is 2. The number of rotatable bonds is 4. The molecule has 0 aromatic heterocycles. The zero-order valence-corrected chi connectivity index (χ0v) is 17.0. The molecule has 2 aromatic carbocycles. The van der Waals surface area contributed by atoms with Crippen LogP contribution in [0.2, 0.25) is 0 Å². The molecule has 0 spiro atoms. The molecule has 152 valence electrons. The lowest BCUT2D eigenvalue weighted by molar-refractivity contribution is -0.131. The van der Waals surface area contributed by atoms with Gasteiger partial charge in [0.2, 0.25) is 11.8 Å². The molecule has 0 radical (unpaired) electrons. The van der Waals surface area contributed by atoms with Gasteiger partial charge >= 0.3 is 0 Å². The monoisotopic (exact) mass is 392 g/mol. The highest BCUT2D eigenvalue weighted by Crippen LogP contribution is 2.45. The van der Waals surface area contributed by atoms with Gasteiger partial charge in [0.1, 0.15) is 5.75 Å². The Labute approximate surface area is 171 Å². The summed E-state index contributed by atoms with van der Waals surface area (Å²) in [6, 6.07) is 15.4. The Hall–Kier alpha value is -2.82. The standard InChI is InChI=1S/C24H28N2O3/c1-16-5-3-4-6-21(16)24-22-15-25(13-19(22)14-26(24)17(2)27)23(29)12-9-18-7-10-20(28)11-8-18/h3-8,10-11,19,22,24,28H,9,12-15H2,1-2H3/t19-,22-,24-/m1/s1. The SMILES string of the molecule is CC(=O)N1C[C@H]2CN(C(=O)CCc3ccc(O)cc3)C[C@H]2[C@H]1c1ccccc1C. The van der Waals surface area contributed by atoms with Crippen molar-refractivity contribution < 1.29 is 14.7 Å². The van der Waals surface area contributed by atoms with E-state index in [-0.39, 0.29) is 29.5 Å². The van der Waals surface area contributed by atoms with Crippen LogP contribution >= 0.6 is 0 Å². The molecule has 0 saturated carbocycles. The topological polar surface area (TPSA) is 60.9 Å². The first kappa shape index (κ1) is 19.5. The number of carbonyl (C=O) groups excluding carboxylic acids is 2. The first-order valence-electron chi connectivity index (χ1n) is 10.3. The van der Waals surface area contributed by atoms with Crippen molar-refractivity contribution in [2.75, 3.05) is 19.6 Å². The highest BCUT2D eigenvalue weighted by atomic mass is 16.3. The molecule has 2 aromatic rings. The molecular formula is C24H28N2O3. The third kappa shape index (κ3) is 3.86. The maximum atomic E-state index is 12.8. The minimum atomic E-state index is 0.0496. The summed E-state index contributed by atoms with van der Waals surface area (Å²) in [4.78, 5) is 29.1. The van der Waals surface area contributed by atoms with E-state index in [0.717, 1.165) is 18.7 Å². The van der Waals surface area contributed by atoms with Gasteiger partial charge in [0.05, 0.1) is 6.04 Å². The fourth-order valence-electron chi connectivity index (χ4n) is 4.96. The predicted molar refractivity (Wildman–Crippen MR) is 111 cm³/mol. The van der Waals surface area contributed by atoms with Crippen molar-refractivity contribution in [1.82, 2.24) is 9.80 Å². The summed E-state index contributed by atoms with van der Waals surface area (Å²) in [5.74, 6) is 1.15. The average Bonchev–Trinajstić information content (AvgIpc) is 3.26. The number of hydrogen-bond acceptors (Lipinski definition) is 3. The molecule has 3 atom stereocenters. The first-order valence-corrected chi connectivity index (χ1v) is 10.3. The van der Waals surface area contributed by atoms with Crippen LogP contribution in [-0.2, 0) is 16.0 Å². The van der Waals surface area contributed by atoms with Crippen molar-refractivity contribution in [3.8, 4) is 5.75 Å². The van der Waals surface area contributed by atoms with Crippen LogP contribution in [-0.4, -0.2) is 46.4 Å². The van der Waals surface area contributed by atoms with E-state index in [4.69, 9.17) is 0 Å². The summed E-state index contributed by atoms with van der Waals surface area (Å²) in [7, 11) is 0. The van der Waals surface area contributed by atoms with Gasteiger partial charge in [0.25, 0.3) is 0 Å². The Balaban J connectivity index is 1.46. The number of nitrogens with zero attached hydrogens (tertiary/aromatic N) is 2. The van der Waals surface area contributed by atoms with E-state index in [2.05, 4.69) is 19.1 Å². The van der Waals surface area contributed by atoms with Crippen LogP contribution in [0.3, 0.4) is 0 Å². The molecule has 5 nitrogen and oxygen atoms in total. The number of likely N-dealkylation sites (tertiary alicyclic amines) is 2. The quantitative estimate of drug-likeness (QED) is 0.868.